The van der Waals surface area contributed by atoms with Crippen LogP contribution in [0.5, 0.6) is 5.75 Å². The zero-order valence-corrected chi connectivity index (χ0v) is 12.4. The number of nitrogens with zero attached hydrogens (tertiary/aromatic N) is 3. The van der Waals surface area contributed by atoms with Crippen molar-refractivity contribution in [2.45, 2.75) is 6.61 Å². The number of hydrogen-bond donors (Lipinski definition) is 0. The second-order valence-electron chi connectivity index (χ2n) is 4.53. The number of oxazole rings is 1. The molecule has 0 saturated heterocycles. The fraction of sp³-hybridized carbons (Fsp3) is 0.0667. The van der Waals surface area contributed by atoms with Crippen LogP contribution >= 0.6 is 11.6 Å². The molecular weight excluding hydrogens is 322 g/mol. The SMILES string of the molecule is O=[N+]([O-])c1ncccc1OCc1coc(-c2cccc(Cl)c2)n1. The average Bonchev–Trinajstić information content (AvgIpc) is 3.02. The Morgan fingerprint density at radius 3 is 2.96 bits per heavy atom. The number of pyridine rings is 1. The lowest BCUT2D eigenvalue weighted by molar-refractivity contribution is -0.390. The molecule has 3 rings (SSSR count). The maximum absolute atomic E-state index is 10.9. The van der Waals surface area contributed by atoms with Gasteiger partial charge in [0.2, 0.25) is 11.6 Å². The normalized spacial score (nSPS) is 10.5. The molecule has 116 valence electrons. The van der Waals surface area contributed by atoms with Crippen molar-refractivity contribution in [3.05, 3.63) is 69.7 Å². The minimum absolute atomic E-state index is 0.0244. The standard InChI is InChI=1S/C15H10ClN3O4/c16-11-4-1-3-10(7-11)15-18-12(9-23-15)8-22-13-5-2-6-17-14(13)19(20)21/h1-7,9H,8H2. The molecule has 0 radical (unpaired) electrons. The summed E-state index contributed by atoms with van der Waals surface area (Å²) in [6.45, 7) is 0.0244. The molecule has 0 aliphatic rings. The van der Waals surface area contributed by atoms with Crippen molar-refractivity contribution in [3.63, 3.8) is 0 Å². The minimum Gasteiger partial charge on any atom is -0.479 e. The van der Waals surface area contributed by atoms with Crippen LogP contribution in [-0.2, 0) is 6.61 Å². The average molecular weight is 332 g/mol. The first-order chi connectivity index (χ1) is 11.1. The van der Waals surface area contributed by atoms with Crippen LogP contribution in [0.4, 0.5) is 5.82 Å². The molecule has 3 aromatic rings. The second kappa shape index (κ2) is 6.45. The summed E-state index contributed by atoms with van der Waals surface area (Å²) in [6, 6.07) is 10.1. The van der Waals surface area contributed by atoms with E-state index in [2.05, 4.69) is 9.97 Å². The number of ether oxygens (including phenoxy) is 1. The molecule has 7 nitrogen and oxygen atoms in total. The quantitative estimate of drug-likeness (QED) is 0.520. The minimum atomic E-state index is -0.602. The van der Waals surface area contributed by atoms with Gasteiger partial charge in [-0.15, -0.1) is 0 Å². The van der Waals surface area contributed by atoms with E-state index in [-0.39, 0.29) is 18.2 Å². The Bertz CT molecular complexity index is 850. The molecule has 2 aromatic heterocycles. The summed E-state index contributed by atoms with van der Waals surface area (Å²) >= 11 is 5.92. The first-order valence-electron chi connectivity index (χ1n) is 6.56. The maximum atomic E-state index is 10.9. The van der Waals surface area contributed by atoms with Gasteiger partial charge in [-0.05, 0) is 40.2 Å². The predicted molar refractivity (Wildman–Crippen MR) is 82.2 cm³/mol. The van der Waals surface area contributed by atoms with Crippen molar-refractivity contribution in [1.82, 2.24) is 9.97 Å². The van der Waals surface area contributed by atoms with Gasteiger partial charge in [0.05, 0.1) is 0 Å². The molecule has 0 saturated carbocycles. The third-order valence-electron chi connectivity index (χ3n) is 2.92. The van der Waals surface area contributed by atoms with Gasteiger partial charge in [-0.3, -0.25) is 0 Å². The van der Waals surface area contributed by atoms with Gasteiger partial charge in [-0.2, -0.15) is 0 Å². The Morgan fingerprint density at radius 2 is 2.17 bits per heavy atom. The largest absolute Gasteiger partial charge is 0.479 e. The fourth-order valence-corrected chi connectivity index (χ4v) is 2.10. The molecular formula is C15H10ClN3O4. The molecule has 0 fully saturated rings. The van der Waals surface area contributed by atoms with E-state index in [1.54, 1.807) is 24.3 Å². The topological polar surface area (TPSA) is 91.3 Å². The summed E-state index contributed by atoms with van der Waals surface area (Å²) in [7, 11) is 0. The summed E-state index contributed by atoms with van der Waals surface area (Å²) in [4.78, 5) is 18.2. The Labute approximate surface area is 135 Å². The first-order valence-corrected chi connectivity index (χ1v) is 6.94. The van der Waals surface area contributed by atoms with Gasteiger partial charge >= 0.3 is 5.82 Å². The summed E-state index contributed by atoms with van der Waals surface area (Å²) in [5.74, 6) is 0.127. The Hall–Kier alpha value is -2.93. The van der Waals surface area contributed by atoms with E-state index < -0.39 is 4.92 Å². The molecule has 23 heavy (non-hydrogen) atoms. The highest BCUT2D eigenvalue weighted by molar-refractivity contribution is 6.30. The van der Waals surface area contributed by atoms with Crippen LogP contribution in [0.2, 0.25) is 5.02 Å². The van der Waals surface area contributed by atoms with Crippen LogP contribution in [0.25, 0.3) is 11.5 Å². The van der Waals surface area contributed by atoms with Gasteiger partial charge in [-0.1, -0.05) is 17.7 Å². The highest BCUT2D eigenvalue weighted by Crippen LogP contribution is 2.25. The van der Waals surface area contributed by atoms with E-state index in [0.29, 0.717) is 16.6 Å². The van der Waals surface area contributed by atoms with Crippen molar-refractivity contribution in [2.24, 2.45) is 0 Å². The van der Waals surface area contributed by atoms with E-state index in [9.17, 15) is 10.1 Å². The monoisotopic (exact) mass is 331 g/mol. The summed E-state index contributed by atoms with van der Waals surface area (Å²) < 4.78 is 10.8. The molecule has 0 amide bonds. The zero-order chi connectivity index (χ0) is 16.2. The van der Waals surface area contributed by atoms with Crippen molar-refractivity contribution in [1.29, 1.82) is 0 Å². The molecule has 2 heterocycles. The van der Waals surface area contributed by atoms with Crippen molar-refractivity contribution in [2.75, 3.05) is 0 Å². The maximum Gasteiger partial charge on any atom is 0.406 e. The van der Waals surface area contributed by atoms with Crippen LogP contribution in [0, 0.1) is 10.1 Å². The van der Waals surface area contributed by atoms with E-state index in [0.717, 1.165) is 5.56 Å². The van der Waals surface area contributed by atoms with E-state index in [1.807, 2.05) is 6.07 Å². The van der Waals surface area contributed by atoms with E-state index in [1.165, 1.54) is 18.5 Å². The van der Waals surface area contributed by atoms with Gasteiger partial charge in [0.25, 0.3) is 0 Å². The van der Waals surface area contributed by atoms with Crippen molar-refractivity contribution < 1.29 is 14.1 Å². The molecule has 8 heteroatoms. The fourth-order valence-electron chi connectivity index (χ4n) is 1.91. The number of aromatic nitrogens is 2. The van der Waals surface area contributed by atoms with Crippen LogP contribution in [-0.4, -0.2) is 14.9 Å². The van der Waals surface area contributed by atoms with Gasteiger partial charge < -0.3 is 19.3 Å². The molecule has 0 unspecified atom stereocenters. The third-order valence-corrected chi connectivity index (χ3v) is 3.16. The predicted octanol–water partition coefficient (Wildman–Crippen LogP) is 3.88. The first kappa shape index (κ1) is 15.0. The van der Waals surface area contributed by atoms with Crippen LogP contribution in [0.15, 0.2) is 53.3 Å². The lowest BCUT2D eigenvalue weighted by Crippen LogP contribution is -2.00. The van der Waals surface area contributed by atoms with Gasteiger partial charge in [0, 0.05) is 10.6 Å². The van der Waals surface area contributed by atoms with Crippen molar-refractivity contribution in [3.8, 4) is 17.2 Å². The number of nitro groups is 1. The van der Waals surface area contributed by atoms with Gasteiger partial charge in [0.15, 0.2) is 0 Å². The van der Waals surface area contributed by atoms with Crippen LogP contribution in [0.3, 0.4) is 0 Å². The molecule has 0 N–H and O–H groups in total. The smallest absolute Gasteiger partial charge is 0.406 e. The van der Waals surface area contributed by atoms with Crippen LogP contribution < -0.4 is 4.74 Å². The highest BCUT2D eigenvalue weighted by Gasteiger charge is 2.16. The lowest BCUT2D eigenvalue weighted by atomic mass is 10.2. The number of hydrogen-bond acceptors (Lipinski definition) is 6. The lowest BCUT2D eigenvalue weighted by Gasteiger charge is -2.03. The van der Waals surface area contributed by atoms with Crippen LogP contribution in [0.1, 0.15) is 5.69 Å². The Morgan fingerprint density at radius 1 is 1.30 bits per heavy atom. The summed E-state index contributed by atoms with van der Waals surface area (Å²) in [5, 5.41) is 11.4. The number of rotatable bonds is 5. The number of halogens is 1. The highest BCUT2D eigenvalue weighted by atomic mass is 35.5. The molecule has 1 aromatic carbocycles. The molecule has 0 bridgehead atoms. The number of benzene rings is 1. The van der Waals surface area contributed by atoms with E-state index >= 15 is 0 Å². The summed E-state index contributed by atoms with van der Waals surface area (Å²) in [6.07, 6.45) is 2.76. The molecule has 0 aliphatic carbocycles. The Kier molecular flexibility index (Phi) is 4.20. The summed E-state index contributed by atoms with van der Waals surface area (Å²) in [5.41, 5.74) is 1.23. The Balaban J connectivity index is 1.74. The second-order valence-corrected chi connectivity index (χ2v) is 4.96. The third kappa shape index (κ3) is 3.46. The molecule has 0 aliphatic heterocycles. The molecule has 0 atom stereocenters. The molecule has 0 spiro atoms. The van der Waals surface area contributed by atoms with Gasteiger partial charge in [-0.25, -0.2) is 4.98 Å². The zero-order valence-electron chi connectivity index (χ0n) is 11.7. The van der Waals surface area contributed by atoms with Gasteiger partial charge in [0.1, 0.15) is 24.8 Å². The van der Waals surface area contributed by atoms with E-state index in [4.69, 9.17) is 20.8 Å². The van der Waals surface area contributed by atoms with Crippen molar-refractivity contribution >= 4 is 17.4 Å².